The minimum absolute atomic E-state index is 0.206. The molecule has 0 bridgehead atoms. The molecule has 4 aromatic rings. The second-order valence-corrected chi connectivity index (χ2v) is 10.4. The van der Waals surface area contributed by atoms with Gasteiger partial charge in [0.15, 0.2) is 10.9 Å². The molecule has 0 saturated heterocycles. The number of nitrogens with zero attached hydrogens (tertiary/aromatic N) is 3. The Morgan fingerprint density at radius 3 is 2.69 bits per heavy atom. The predicted octanol–water partition coefficient (Wildman–Crippen LogP) is 5.09. The minimum atomic E-state index is -0.600. The van der Waals surface area contributed by atoms with Crippen LogP contribution < -0.4 is 15.9 Å². The van der Waals surface area contributed by atoms with Crippen molar-refractivity contribution in [2.75, 3.05) is 0 Å². The summed E-state index contributed by atoms with van der Waals surface area (Å²) in [6.07, 6.45) is -0.600. The van der Waals surface area contributed by atoms with Gasteiger partial charge in [0, 0.05) is 21.0 Å². The number of carbonyl (C=O) groups is 1. The lowest BCUT2D eigenvalue weighted by Crippen LogP contribution is -2.50. The van der Waals surface area contributed by atoms with Crippen LogP contribution in [0.4, 0.5) is 0 Å². The Morgan fingerprint density at radius 2 is 1.86 bits per heavy atom. The lowest BCUT2D eigenvalue weighted by Gasteiger charge is -2.32. The summed E-state index contributed by atoms with van der Waals surface area (Å²) in [7, 11) is 0. The topological polar surface area (TPSA) is 70.2 Å². The first-order valence-electron chi connectivity index (χ1n) is 11.5. The quantitative estimate of drug-likeness (QED) is 0.380. The van der Waals surface area contributed by atoms with Crippen LogP contribution in [-0.2, 0) is 10.5 Å². The summed E-state index contributed by atoms with van der Waals surface area (Å²) in [5, 5.41) is 11.5. The Balaban J connectivity index is 1.38. The number of amides is 1. The number of amidine groups is 1. The monoisotopic (exact) mass is 556 g/mol. The first-order chi connectivity index (χ1) is 17.5. The van der Waals surface area contributed by atoms with E-state index in [2.05, 4.69) is 52.4 Å². The zero-order valence-corrected chi connectivity index (χ0v) is 21.7. The first kappa shape index (κ1) is 22.8. The van der Waals surface area contributed by atoms with Crippen LogP contribution >= 0.6 is 27.7 Å². The Hall–Kier alpha value is -3.62. The van der Waals surface area contributed by atoms with Crippen molar-refractivity contribution in [1.82, 2.24) is 10.3 Å². The van der Waals surface area contributed by atoms with Crippen LogP contribution in [0.2, 0.25) is 0 Å². The van der Waals surface area contributed by atoms with Gasteiger partial charge in [-0.15, -0.1) is 5.10 Å². The minimum Gasteiger partial charge on any atom is -0.457 e. The summed E-state index contributed by atoms with van der Waals surface area (Å²) >= 11 is 5.00. The average molecular weight is 557 g/mol. The van der Waals surface area contributed by atoms with Crippen molar-refractivity contribution in [3.8, 4) is 11.3 Å². The van der Waals surface area contributed by atoms with E-state index in [0.29, 0.717) is 22.4 Å². The highest BCUT2D eigenvalue weighted by molar-refractivity contribution is 9.10. The molecule has 0 fully saturated rings. The maximum atomic E-state index is 13.3. The summed E-state index contributed by atoms with van der Waals surface area (Å²) in [6, 6.07) is 27.7. The molecule has 0 saturated carbocycles. The summed E-state index contributed by atoms with van der Waals surface area (Å²) in [5.41, 5.74) is 3.78. The molecule has 3 heterocycles. The van der Waals surface area contributed by atoms with Crippen LogP contribution in [-0.4, -0.2) is 16.1 Å². The highest BCUT2D eigenvalue weighted by Gasteiger charge is 2.36. The number of rotatable bonds is 4. The molecule has 2 aliphatic rings. The normalized spacial score (nSPS) is 16.6. The Bertz CT molecular complexity index is 1630. The van der Waals surface area contributed by atoms with E-state index >= 15 is 0 Å². The number of furan rings is 1. The molecule has 178 valence electrons. The van der Waals surface area contributed by atoms with Crippen molar-refractivity contribution in [1.29, 1.82) is 0 Å². The van der Waals surface area contributed by atoms with Crippen LogP contribution in [0.1, 0.15) is 23.1 Å². The lowest BCUT2D eigenvalue weighted by molar-refractivity contribution is -0.116. The summed E-state index contributed by atoms with van der Waals surface area (Å²) in [4.78, 5) is 18.3. The van der Waals surface area contributed by atoms with Gasteiger partial charge in [-0.2, -0.15) is 0 Å². The molecule has 1 aromatic heterocycles. The number of benzene rings is 3. The number of aryl methyl sites for hydroxylation is 1. The van der Waals surface area contributed by atoms with E-state index in [1.807, 2.05) is 60.7 Å². The average Bonchev–Trinajstić information content (AvgIpc) is 3.38. The van der Waals surface area contributed by atoms with Crippen molar-refractivity contribution in [3.05, 3.63) is 117 Å². The molecule has 8 heteroatoms. The molecular weight excluding hydrogens is 536 g/mol. The number of hydrogen-bond acceptors (Lipinski definition) is 6. The van der Waals surface area contributed by atoms with Crippen molar-refractivity contribution < 1.29 is 9.21 Å². The van der Waals surface area contributed by atoms with Crippen molar-refractivity contribution in [2.45, 2.75) is 18.8 Å². The number of halogens is 1. The van der Waals surface area contributed by atoms with Gasteiger partial charge in [-0.25, -0.2) is 10.0 Å². The molecule has 36 heavy (non-hydrogen) atoms. The molecule has 0 radical (unpaired) electrons. The second kappa shape index (κ2) is 9.44. The van der Waals surface area contributed by atoms with E-state index in [9.17, 15) is 4.79 Å². The fourth-order valence-electron chi connectivity index (χ4n) is 4.20. The third-order valence-electron chi connectivity index (χ3n) is 6.00. The molecule has 6 nitrogen and oxygen atoms in total. The van der Waals surface area contributed by atoms with E-state index in [1.165, 1.54) is 17.3 Å². The molecule has 3 aromatic carbocycles. The van der Waals surface area contributed by atoms with Crippen LogP contribution in [0.25, 0.3) is 17.0 Å². The molecule has 0 unspecified atom stereocenters. The molecule has 0 spiro atoms. The zero-order chi connectivity index (χ0) is 24.6. The Kier molecular flexibility index (Phi) is 5.99. The summed E-state index contributed by atoms with van der Waals surface area (Å²) in [6.45, 7) is 2.06. The SMILES string of the molecule is Cc1ccc(CSC2=NN3C(=c4ccccc4=N[C@H]3c3ccc(-c4cccc(Br)c4)o3)C(=O)N2)cc1. The smallest absolute Gasteiger partial charge is 0.276 e. The largest absolute Gasteiger partial charge is 0.457 e. The van der Waals surface area contributed by atoms with E-state index in [4.69, 9.17) is 14.5 Å². The van der Waals surface area contributed by atoms with Gasteiger partial charge in [0.25, 0.3) is 5.91 Å². The number of fused-ring (bicyclic) bond motifs is 2. The van der Waals surface area contributed by atoms with Gasteiger partial charge in [-0.3, -0.25) is 10.1 Å². The van der Waals surface area contributed by atoms with E-state index < -0.39 is 6.17 Å². The lowest BCUT2D eigenvalue weighted by atomic mass is 10.1. The van der Waals surface area contributed by atoms with E-state index in [-0.39, 0.29) is 5.91 Å². The number of carbonyl (C=O) groups excluding carboxylic acids is 1. The molecular formula is C28H21BrN4O2S. The van der Waals surface area contributed by atoms with Crippen molar-refractivity contribution in [3.63, 3.8) is 0 Å². The number of hydrogen-bond donors (Lipinski definition) is 1. The Labute approximate surface area is 220 Å². The number of nitrogens with one attached hydrogen (secondary N) is 1. The Morgan fingerprint density at radius 1 is 1.03 bits per heavy atom. The number of thioether (sulfide) groups is 1. The van der Waals surface area contributed by atoms with Gasteiger partial charge < -0.3 is 4.42 Å². The van der Waals surface area contributed by atoms with E-state index in [1.54, 1.807) is 5.01 Å². The van der Waals surface area contributed by atoms with Crippen LogP contribution in [0, 0.1) is 6.92 Å². The summed E-state index contributed by atoms with van der Waals surface area (Å²) in [5.74, 6) is 1.82. The second-order valence-electron chi connectivity index (χ2n) is 8.56. The maximum Gasteiger partial charge on any atom is 0.276 e. The van der Waals surface area contributed by atoms with Gasteiger partial charge in [0.05, 0.1) is 5.36 Å². The summed E-state index contributed by atoms with van der Waals surface area (Å²) < 4.78 is 7.23. The first-order valence-corrected chi connectivity index (χ1v) is 13.2. The highest BCUT2D eigenvalue weighted by Crippen LogP contribution is 2.34. The fourth-order valence-corrected chi connectivity index (χ4v) is 5.41. The van der Waals surface area contributed by atoms with E-state index in [0.717, 1.165) is 31.9 Å². The number of para-hydroxylation sites is 1. The van der Waals surface area contributed by atoms with Gasteiger partial charge in [-0.05, 0) is 42.8 Å². The standard InChI is InChI=1S/C28H21BrN4O2S/c1-17-9-11-18(12-10-17)16-36-28-31-27(34)25-21-7-2-3-8-22(21)30-26(33(25)32-28)24-14-13-23(35-24)19-5-4-6-20(29)15-19/h2-15,26H,16H2,1H3,(H,31,32,34)/t26-/m1/s1. The van der Waals surface area contributed by atoms with Crippen LogP contribution in [0.5, 0.6) is 0 Å². The van der Waals surface area contributed by atoms with Gasteiger partial charge in [0.1, 0.15) is 11.5 Å². The molecule has 1 amide bonds. The van der Waals surface area contributed by atoms with Crippen molar-refractivity contribution >= 4 is 44.5 Å². The zero-order valence-electron chi connectivity index (χ0n) is 19.3. The van der Waals surface area contributed by atoms with Crippen LogP contribution in [0.3, 0.4) is 0 Å². The molecule has 1 N–H and O–H groups in total. The predicted molar refractivity (Wildman–Crippen MR) is 145 cm³/mol. The maximum absolute atomic E-state index is 13.3. The molecule has 6 rings (SSSR count). The van der Waals surface area contributed by atoms with Gasteiger partial charge >= 0.3 is 0 Å². The van der Waals surface area contributed by atoms with Crippen molar-refractivity contribution in [2.24, 2.45) is 10.1 Å². The molecule has 1 atom stereocenters. The van der Waals surface area contributed by atoms with Gasteiger partial charge in [0.2, 0.25) is 6.17 Å². The third-order valence-corrected chi connectivity index (χ3v) is 7.43. The van der Waals surface area contributed by atoms with Gasteiger partial charge in [-0.1, -0.05) is 87.9 Å². The third kappa shape index (κ3) is 4.38. The fraction of sp³-hybridized carbons (Fsp3) is 0.107. The highest BCUT2D eigenvalue weighted by atomic mass is 79.9. The molecule has 2 aliphatic heterocycles. The van der Waals surface area contributed by atoms with Crippen LogP contribution in [0.15, 0.2) is 104 Å². The number of hydrazone groups is 1. The molecule has 0 aliphatic carbocycles.